The first-order valence-electron chi connectivity index (χ1n) is 22.0. The minimum absolute atomic E-state index is 1.15. The Bertz CT molecular complexity index is 3800. The van der Waals surface area contributed by atoms with Crippen LogP contribution >= 0.6 is 11.3 Å². The maximum absolute atomic E-state index is 2.80. The number of fused-ring (bicyclic) bond motifs is 9. The summed E-state index contributed by atoms with van der Waals surface area (Å²) < 4.78 is 7.70. The molecule has 2 nitrogen and oxygen atoms in total. The van der Waals surface area contributed by atoms with Crippen molar-refractivity contribution in [3.05, 3.63) is 243 Å². The smallest absolute Gasteiger partial charge is 0.179 e. The van der Waals surface area contributed by atoms with Crippen LogP contribution in [-0.4, -0.2) is 17.2 Å². The summed E-state index contributed by atoms with van der Waals surface area (Å²) in [6, 6.07) is 90.5. The van der Waals surface area contributed by atoms with Crippen molar-refractivity contribution in [1.82, 2.24) is 9.13 Å². The highest BCUT2D eigenvalue weighted by Crippen LogP contribution is 2.43. The summed E-state index contributed by atoms with van der Waals surface area (Å²) >= 11 is 1.87. The van der Waals surface area contributed by atoms with Gasteiger partial charge in [0.2, 0.25) is 0 Å². The number of para-hydroxylation sites is 3. The first kappa shape index (κ1) is 36.9. The third-order valence-electron chi connectivity index (χ3n) is 13.5. The lowest BCUT2D eigenvalue weighted by Gasteiger charge is -2.34. The van der Waals surface area contributed by atoms with Crippen LogP contribution in [0.25, 0.3) is 86.3 Å². The molecule has 3 aromatic heterocycles. The summed E-state index contributed by atoms with van der Waals surface area (Å²) in [5.74, 6) is 0. The molecule has 13 aromatic rings. The topological polar surface area (TPSA) is 9.86 Å². The molecule has 0 aliphatic heterocycles. The van der Waals surface area contributed by atoms with Gasteiger partial charge in [0, 0.05) is 47.4 Å². The van der Waals surface area contributed by atoms with Crippen LogP contribution < -0.4 is 20.7 Å². The number of benzene rings is 10. The highest BCUT2D eigenvalue weighted by molar-refractivity contribution is 7.25. The fraction of sp³-hybridized carbons (Fsp3) is 0. The quantitative estimate of drug-likeness (QED) is 0.112. The van der Waals surface area contributed by atoms with Crippen molar-refractivity contribution >= 4 is 104 Å². The first-order chi connectivity index (χ1) is 31.8. The second-order valence-electron chi connectivity index (χ2n) is 16.8. The van der Waals surface area contributed by atoms with Crippen LogP contribution in [0.4, 0.5) is 0 Å². The Labute approximate surface area is 376 Å². The summed E-state index contributed by atoms with van der Waals surface area (Å²) in [5.41, 5.74) is 9.53. The number of rotatable bonds is 7. The van der Waals surface area contributed by atoms with E-state index in [-0.39, 0.29) is 0 Å². The molecule has 0 atom stereocenters. The van der Waals surface area contributed by atoms with Gasteiger partial charge in [0.15, 0.2) is 8.07 Å². The summed E-state index contributed by atoms with van der Waals surface area (Å²) in [6.07, 6.45) is 0. The maximum Gasteiger partial charge on any atom is 0.179 e. The van der Waals surface area contributed by atoms with Crippen molar-refractivity contribution in [2.24, 2.45) is 0 Å². The van der Waals surface area contributed by atoms with Crippen LogP contribution in [-0.2, 0) is 0 Å². The van der Waals surface area contributed by atoms with Gasteiger partial charge in [0.05, 0.1) is 27.8 Å². The molecule has 13 rings (SSSR count). The van der Waals surface area contributed by atoms with E-state index in [9.17, 15) is 0 Å². The Morgan fingerprint density at radius 1 is 0.328 bits per heavy atom. The maximum atomic E-state index is 2.53. The minimum Gasteiger partial charge on any atom is -0.307 e. The summed E-state index contributed by atoms with van der Waals surface area (Å²) in [6.45, 7) is 0. The van der Waals surface area contributed by atoms with E-state index in [0.717, 1.165) is 11.4 Å². The monoisotopic (exact) mass is 848 g/mol. The molecule has 0 radical (unpaired) electrons. The van der Waals surface area contributed by atoms with Crippen LogP contribution in [0.5, 0.6) is 0 Å². The van der Waals surface area contributed by atoms with Crippen molar-refractivity contribution in [3.8, 4) is 22.5 Å². The highest BCUT2D eigenvalue weighted by Gasteiger charge is 2.41. The Hall–Kier alpha value is -7.76. The second-order valence-corrected chi connectivity index (χ2v) is 21.7. The fourth-order valence-corrected chi connectivity index (χ4v) is 16.7. The lowest BCUT2D eigenvalue weighted by molar-refractivity contribution is 1.13. The van der Waals surface area contributed by atoms with Crippen LogP contribution in [0.15, 0.2) is 243 Å². The molecule has 3 heterocycles. The summed E-state index contributed by atoms with van der Waals surface area (Å²) in [7, 11) is -2.80. The third-order valence-corrected chi connectivity index (χ3v) is 19.4. The molecule has 64 heavy (non-hydrogen) atoms. The molecule has 0 fully saturated rings. The SMILES string of the molecule is c1ccc([Si](c2ccccc2)(c2ccccc2)c2cccc(-n3c4ccccc4c4cccc(-n5c6ccccc6c6c(-c7ccc8sc9ccccc9c8c7)cccc65)c43)c2)cc1. The van der Waals surface area contributed by atoms with Gasteiger partial charge >= 0.3 is 0 Å². The second kappa shape index (κ2) is 14.7. The average molecular weight is 849 g/mol. The van der Waals surface area contributed by atoms with Gasteiger partial charge in [-0.15, -0.1) is 11.3 Å². The van der Waals surface area contributed by atoms with Crippen LogP contribution in [0.3, 0.4) is 0 Å². The zero-order valence-electron chi connectivity index (χ0n) is 34.9. The number of hydrogen-bond acceptors (Lipinski definition) is 1. The van der Waals surface area contributed by atoms with Crippen LogP contribution in [0, 0.1) is 0 Å². The average Bonchev–Trinajstić information content (AvgIpc) is 4.03. The molecule has 0 amide bonds. The van der Waals surface area contributed by atoms with E-state index in [4.69, 9.17) is 0 Å². The zero-order valence-corrected chi connectivity index (χ0v) is 36.7. The number of aromatic nitrogens is 2. The Kier molecular flexibility index (Phi) is 8.45. The van der Waals surface area contributed by atoms with E-state index in [2.05, 4.69) is 252 Å². The molecule has 4 heteroatoms. The van der Waals surface area contributed by atoms with E-state index >= 15 is 0 Å². The number of hydrogen-bond donors (Lipinski definition) is 0. The van der Waals surface area contributed by atoms with Gasteiger partial charge < -0.3 is 9.13 Å². The van der Waals surface area contributed by atoms with Gasteiger partial charge in [-0.05, 0) is 86.5 Å². The van der Waals surface area contributed by atoms with Gasteiger partial charge in [-0.25, -0.2) is 0 Å². The predicted octanol–water partition coefficient (Wildman–Crippen LogP) is 13.3. The molecule has 0 bridgehead atoms. The highest BCUT2D eigenvalue weighted by atomic mass is 32.1. The molecule has 10 aromatic carbocycles. The molecule has 0 N–H and O–H groups in total. The van der Waals surface area contributed by atoms with Crippen molar-refractivity contribution in [1.29, 1.82) is 0 Å². The van der Waals surface area contributed by atoms with Crippen molar-refractivity contribution in [2.75, 3.05) is 0 Å². The molecule has 0 aliphatic carbocycles. The normalized spacial score (nSPS) is 12.1. The van der Waals surface area contributed by atoms with E-state index < -0.39 is 8.07 Å². The van der Waals surface area contributed by atoms with Gasteiger partial charge in [-0.3, -0.25) is 0 Å². The molecule has 0 unspecified atom stereocenters. The lowest BCUT2D eigenvalue weighted by atomic mass is 9.98. The van der Waals surface area contributed by atoms with Crippen molar-refractivity contribution < 1.29 is 0 Å². The molecule has 300 valence electrons. The third kappa shape index (κ3) is 5.43. The number of nitrogens with zero attached hydrogens (tertiary/aromatic N) is 2. The Morgan fingerprint density at radius 2 is 0.859 bits per heavy atom. The minimum atomic E-state index is -2.80. The van der Waals surface area contributed by atoms with Gasteiger partial charge in [0.25, 0.3) is 0 Å². The largest absolute Gasteiger partial charge is 0.307 e. The van der Waals surface area contributed by atoms with Gasteiger partial charge in [0.1, 0.15) is 0 Å². The van der Waals surface area contributed by atoms with Crippen LogP contribution in [0.1, 0.15) is 0 Å². The van der Waals surface area contributed by atoms with E-state index in [0.29, 0.717) is 0 Å². The molecule has 0 aliphatic rings. The van der Waals surface area contributed by atoms with Gasteiger partial charge in [-0.2, -0.15) is 0 Å². The standard InChI is InChI=1S/C60H40N2SSi/c1-4-20-43(21-5-1)64(44-22-6-2-7-23-44,45-24-8-3-9-25-45)46-26-16-19-42(40-46)61-53-32-13-10-27-48(53)50-31-18-35-56(60(50)61)62-54-33-14-11-29-51(54)59-47(30-17-34-55(59)62)41-37-38-58-52(39-41)49-28-12-15-36-57(49)63-58/h1-40H. The van der Waals surface area contributed by atoms with Crippen LogP contribution in [0.2, 0.25) is 0 Å². The lowest BCUT2D eigenvalue weighted by Crippen LogP contribution is -2.74. The molecular weight excluding hydrogens is 809 g/mol. The Morgan fingerprint density at radius 3 is 1.58 bits per heavy atom. The van der Waals surface area contributed by atoms with E-state index in [1.165, 1.54) is 95.7 Å². The van der Waals surface area contributed by atoms with Gasteiger partial charge in [-0.1, -0.05) is 188 Å². The Balaban J connectivity index is 1.09. The molecular formula is C60H40N2SSi. The first-order valence-corrected chi connectivity index (χ1v) is 24.8. The summed E-state index contributed by atoms with van der Waals surface area (Å²) in [4.78, 5) is 0. The predicted molar refractivity (Wildman–Crippen MR) is 277 cm³/mol. The van der Waals surface area contributed by atoms with Crippen molar-refractivity contribution in [2.45, 2.75) is 0 Å². The molecule has 0 saturated heterocycles. The fourth-order valence-electron chi connectivity index (χ4n) is 10.8. The zero-order chi connectivity index (χ0) is 42.2. The summed E-state index contributed by atoms with van der Waals surface area (Å²) in [5, 5.41) is 13.0. The molecule has 0 spiro atoms. The number of thiophene rings is 1. The van der Waals surface area contributed by atoms with E-state index in [1.807, 2.05) is 11.3 Å². The van der Waals surface area contributed by atoms with E-state index in [1.54, 1.807) is 0 Å². The molecule has 0 saturated carbocycles. The van der Waals surface area contributed by atoms with Crippen molar-refractivity contribution in [3.63, 3.8) is 0 Å².